The van der Waals surface area contributed by atoms with Gasteiger partial charge in [0.05, 0.1) is 15.2 Å². The Bertz CT molecular complexity index is 1090. The number of para-hydroxylation sites is 1. The number of carbonyl (C=O) groups is 3. The van der Waals surface area contributed by atoms with E-state index < -0.39 is 0 Å². The van der Waals surface area contributed by atoms with Crippen molar-refractivity contribution in [2.24, 2.45) is 11.8 Å². The lowest BCUT2D eigenvalue weighted by molar-refractivity contribution is -0.144. The van der Waals surface area contributed by atoms with E-state index in [2.05, 4.69) is 16.0 Å². The normalized spacial score (nSPS) is 26.7. The van der Waals surface area contributed by atoms with Crippen LogP contribution in [0.25, 0.3) is 10.2 Å². The van der Waals surface area contributed by atoms with Crippen molar-refractivity contribution >= 4 is 39.4 Å². The number of carbonyl (C=O) groups excluding carboxylic acids is 3. The Morgan fingerprint density at radius 2 is 1.80 bits per heavy atom. The largest absolute Gasteiger partial charge is 0.339 e. The molecule has 0 unspecified atom stereocenters. The molecule has 0 N–H and O–H groups in total. The zero-order chi connectivity index (χ0) is 23.9. The van der Waals surface area contributed by atoms with Gasteiger partial charge in [-0.15, -0.1) is 11.3 Å². The highest BCUT2D eigenvalue weighted by atomic mass is 32.1. The monoisotopic (exact) mass is 495 g/mol. The molecule has 2 bridgehead atoms. The second-order valence-corrected chi connectivity index (χ2v) is 11.6. The van der Waals surface area contributed by atoms with Crippen molar-refractivity contribution in [1.29, 1.82) is 0 Å². The number of nitrogens with zero attached hydrogens (tertiary/aromatic N) is 5. The minimum atomic E-state index is 0.108. The minimum absolute atomic E-state index is 0.108. The Labute approximate surface area is 209 Å². The van der Waals surface area contributed by atoms with Crippen LogP contribution in [0.4, 0.5) is 4.79 Å². The molecule has 0 aliphatic carbocycles. The number of fused-ring (bicyclic) bond motifs is 5. The van der Waals surface area contributed by atoms with Gasteiger partial charge in [0.1, 0.15) is 0 Å². The summed E-state index contributed by atoms with van der Waals surface area (Å²) in [5.41, 5.74) is 0.997. The fourth-order valence-electron chi connectivity index (χ4n) is 6.51. The number of rotatable bonds is 3. The predicted octanol–water partition coefficient (Wildman–Crippen LogP) is 2.83. The molecular weight excluding hydrogens is 462 g/mol. The molecule has 4 aliphatic rings. The van der Waals surface area contributed by atoms with Crippen molar-refractivity contribution in [3.63, 3.8) is 0 Å². The Kier molecular flexibility index (Phi) is 6.12. The fraction of sp³-hybridized carbons (Fsp3) is 0.615. The summed E-state index contributed by atoms with van der Waals surface area (Å²) < 4.78 is 1.16. The Morgan fingerprint density at radius 1 is 1.00 bits per heavy atom. The molecule has 2 aromatic rings. The number of amides is 4. The molecule has 5 heterocycles. The molecule has 6 rings (SSSR count). The number of hydrogen-bond acceptors (Lipinski definition) is 5. The maximum atomic E-state index is 13.3. The van der Waals surface area contributed by atoms with Crippen LogP contribution in [0, 0.1) is 11.8 Å². The second kappa shape index (κ2) is 9.41. The Hall–Kier alpha value is -2.68. The maximum Gasteiger partial charge on any atom is 0.320 e. The first-order chi connectivity index (χ1) is 17.0. The van der Waals surface area contributed by atoms with Crippen LogP contribution < -0.4 is 0 Å². The summed E-state index contributed by atoms with van der Waals surface area (Å²) in [7, 11) is 0. The number of benzene rings is 1. The van der Waals surface area contributed by atoms with Crippen molar-refractivity contribution in [3.05, 3.63) is 29.3 Å². The van der Waals surface area contributed by atoms with E-state index in [0.717, 1.165) is 54.1 Å². The number of urea groups is 1. The average molecular weight is 496 g/mol. The van der Waals surface area contributed by atoms with Crippen LogP contribution in [0.2, 0.25) is 0 Å². The molecule has 186 valence electrons. The summed E-state index contributed by atoms with van der Waals surface area (Å²) in [6.45, 7) is 4.67. The Morgan fingerprint density at radius 3 is 2.63 bits per heavy atom. The number of piperidine rings is 3. The van der Waals surface area contributed by atoms with Gasteiger partial charge in [-0.3, -0.25) is 9.59 Å². The van der Waals surface area contributed by atoms with Crippen molar-refractivity contribution in [1.82, 2.24) is 24.6 Å². The maximum absolute atomic E-state index is 13.3. The van der Waals surface area contributed by atoms with Crippen LogP contribution in [0.3, 0.4) is 0 Å². The van der Waals surface area contributed by atoms with E-state index in [1.165, 1.54) is 0 Å². The fourth-order valence-corrected chi connectivity index (χ4v) is 7.48. The topological polar surface area (TPSA) is 77.1 Å². The third-order valence-corrected chi connectivity index (χ3v) is 9.34. The molecular formula is C26H33N5O3S. The zero-order valence-corrected chi connectivity index (χ0v) is 20.9. The quantitative estimate of drug-likeness (QED) is 0.656. The number of likely N-dealkylation sites (tertiary alicyclic amines) is 1. The molecule has 4 amide bonds. The van der Waals surface area contributed by atoms with Crippen LogP contribution in [-0.2, 0) is 16.0 Å². The van der Waals surface area contributed by atoms with E-state index >= 15 is 0 Å². The summed E-state index contributed by atoms with van der Waals surface area (Å²) in [5.74, 6) is 1.24. The minimum Gasteiger partial charge on any atom is -0.339 e. The molecule has 1 aromatic heterocycles. The van der Waals surface area contributed by atoms with Gasteiger partial charge in [-0.2, -0.15) is 0 Å². The highest BCUT2D eigenvalue weighted by Crippen LogP contribution is 2.38. The van der Waals surface area contributed by atoms with Gasteiger partial charge in [-0.1, -0.05) is 12.1 Å². The first kappa shape index (κ1) is 22.8. The summed E-state index contributed by atoms with van der Waals surface area (Å²) in [4.78, 5) is 51.1. The van der Waals surface area contributed by atoms with Crippen molar-refractivity contribution in [2.45, 2.75) is 44.6 Å². The summed E-state index contributed by atoms with van der Waals surface area (Å²) in [6.07, 6.45) is 4.98. The van der Waals surface area contributed by atoms with Gasteiger partial charge >= 0.3 is 6.03 Å². The zero-order valence-electron chi connectivity index (χ0n) is 20.1. The van der Waals surface area contributed by atoms with Crippen LogP contribution in [0.15, 0.2) is 24.3 Å². The molecule has 1 aromatic carbocycles. The van der Waals surface area contributed by atoms with Gasteiger partial charge in [0.2, 0.25) is 11.8 Å². The molecule has 8 nitrogen and oxygen atoms in total. The molecule has 0 saturated carbocycles. The van der Waals surface area contributed by atoms with Crippen LogP contribution in [0.1, 0.15) is 37.1 Å². The number of aromatic nitrogens is 1. The van der Waals surface area contributed by atoms with Gasteiger partial charge in [-0.05, 0) is 43.2 Å². The van der Waals surface area contributed by atoms with Crippen LogP contribution in [-0.4, -0.2) is 94.3 Å². The van der Waals surface area contributed by atoms with Gasteiger partial charge in [0.15, 0.2) is 0 Å². The molecule has 3 atom stereocenters. The Balaban J connectivity index is 0.998. The summed E-state index contributed by atoms with van der Waals surface area (Å²) in [6, 6.07) is 8.49. The third kappa shape index (κ3) is 4.50. The first-order valence-corrected chi connectivity index (χ1v) is 13.8. The van der Waals surface area contributed by atoms with Gasteiger partial charge < -0.3 is 19.6 Å². The van der Waals surface area contributed by atoms with E-state index in [1.54, 1.807) is 11.3 Å². The molecule has 0 radical (unpaired) electrons. The lowest BCUT2D eigenvalue weighted by Gasteiger charge is -2.53. The average Bonchev–Trinajstić information content (AvgIpc) is 3.31. The second-order valence-electron chi connectivity index (χ2n) is 10.5. The van der Waals surface area contributed by atoms with Gasteiger partial charge in [0, 0.05) is 71.1 Å². The van der Waals surface area contributed by atoms with Crippen molar-refractivity contribution in [3.8, 4) is 0 Å². The van der Waals surface area contributed by atoms with E-state index in [9.17, 15) is 14.4 Å². The lowest BCUT2D eigenvalue weighted by Crippen LogP contribution is -2.63. The number of hydrogen-bond donors (Lipinski definition) is 0. The highest BCUT2D eigenvalue weighted by molar-refractivity contribution is 7.18. The summed E-state index contributed by atoms with van der Waals surface area (Å²) in [5, 5.41) is 1.00. The number of piperazine rings is 1. The van der Waals surface area contributed by atoms with E-state index in [1.807, 2.05) is 32.9 Å². The highest BCUT2D eigenvalue weighted by Gasteiger charge is 2.45. The van der Waals surface area contributed by atoms with E-state index in [-0.39, 0.29) is 11.9 Å². The third-order valence-electron chi connectivity index (χ3n) is 8.24. The first-order valence-electron chi connectivity index (χ1n) is 13.0. The van der Waals surface area contributed by atoms with Crippen LogP contribution >= 0.6 is 11.3 Å². The molecule has 4 saturated heterocycles. The smallest absolute Gasteiger partial charge is 0.320 e. The van der Waals surface area contributed by atoms with Gasteiger partial charge in [-0.25, -0.2) is 9.78 Å². The molecule has 35 heavy (non-hydrogen) atoms. The van der Waals surface area contributed by atoms with Crippen molar-refractivity contribution in [2.75, 3.05) is 45.8 Å². The molecule has 4 aliphatic heterocycles. The SMILES string of the molecule is O=C(CCc1nc2ccccc2s1)N1CCN(C(=O)N2C[C@H]3C[C@H](C2)[C@H]2CCCC(=O)N2C3)CC1. The van der Waals surface area contributed by atoms with E-state index in [4.69, 9.17) is 0 Å². The standard InChI is InChI=1S/C26H33N5O3S/c32-24(9-8-23-27-20-4-1-2-6-22(20)35-23)28-10-12-29(13-11-28)26(34)30-15-18-14-19(17-30)21-5-3-7-25(33)31(21)16-18/h1-2,4,6,18-19,21H,3,5,7-17H2/t18-,19-,21-/m1/s1. The van der Waals surface area contributed by atoms with Crippen LogP contribution in [0.5, 0.6) is 0 Å². The number of thiazole rings is 1. The van der Waals surface area contributed by atoms with E-state index in [0.29, 0.717) is 69.2 Å². The van der Waals surface area contributed by atoms with Crippen molar-refractivity contribution < 1.29 is 14.4 Å². The molecule has 9 heteroatoms. The molecule has 4 fully saturated rings. The number of aryl methyl sites for hydroxylation is 1. The lowest BCUT2D eigenvalue weighted by atomic mass is 9.76. The molecule has 0 spiro atoms. The summed E-state index contributed by atoms with van der Waals surface area (Å²) >= 11 is 1.66. The van der Waals surface area contributed by atoms with Gasteiger partial charge in [0.25, 0.3) is 0 Å². The predicted molar refractivity (Wildman–Crippen MR) is 134 cm³/mol.